The molecular weight excluding hydrogens is 356 g/mol. The molecule has 0 aliphatic rings. The van der Waals surface area contributed by atoms with Crippen molar-refractivity contribution in [3.63, 3.8) is 0 Å². The van der Waals surface area contributed by atoms with Crippen LogP contribution in [0.15, 0.2) is 42.5 Å². The number of hydrogen-bond donors (Lipinski definition) is 4. The zero-order valence-electron chi connectivity index (χ0n) is 16.3. The van der Waals surface area contributed by atoms with Crippen LogP contribution in [0.25, 0.3) is 0 Å². The molecule has 2 rings (SSSR count). The summed E-state index contributed by atoms with van der Waals surface area (Å²) < 4.78 is 0. The summed E-state index contributed by atoms with van der Waals surface area (Å²) in [6, 6.07) is 11.6. The lowest BCUT2D eigenvalue weighted by Gasteiger charge is -2.14. The highest BCUT2D eigenvalue weighted by atomic mass is 16.2. The Hall–Kier alpha value is -3.35. The molecule has 148 valence electrons. The Kier molecular flexibility index (Phi) is 7.14. The lowest BCUT2D eigenvalue weighted by atomic mass is 10.1. The molecule has 2 aromatic carbocycles. The van der Waals surface area contributed by atoms with Gasteiger partial charge in [-0.25, -0.2) is 4.79 Å². The van der Waals surface area contributed by atoms with Crippen LogP contribution in [0.2, 0.25) is 0 Å². The number of hydrogen-bond acceptors (Lipinski definition) is 3. The molecule has 4 amide bonds. The fourth-order valence-electron chi connectivity index (χ4n) is 2.54. The van der Waals surface area contributed by atoms with E-state index in [9.17, 15) is 14.4 Å². The summed E-state index contributed by atoms with van der Waals surface area (Å²) in [5.41, 5.74) is 8.36. The van der Waals surface area contributed by atoms with Crippen molar-refractivity contribution in [3.05, 3.63) is 64.7 Å². The third kappa shape index (κ3) is 5.84. The number of carbonyl (C=O) groups is 3. The summed E-state index contributed by atoms with van der Waals surface area (Å²) in [5.74, 6) is -0.651. The molecule has 0 aliphatic carbocycles. The van der Waals surface area contributed by atoms with Crippen molar-refractivity contribution in [2.24, 2.45) is 5.73 Å². The average molecular weight is 382 g/mol. The zero-order chi connectivity index (χ0) is 20.7. The van der Waals surface area contributed by atoms with Crippen LogP contribution in [0.5, 0.6) is 0 Å². The standard InChI is InChI=1S/C21H26N4O3/c1-4-14(3)24-20(27)17-8-9-18(13(2)10-17)25-21(28)23-12-15-6-5-7-16(11-15)19(22)26/h5-11,14H,4,12H2,1-3H3,(H2,22,26)(H,24,27)(H2,23,25,28). The number of benzene rings is 2. The fraction of sp³-hybridized carbons (Fsp3) is 0.286. The largest absolute Gasteiger partial charge is 0.366 e. The van der Waals surface area contributed by atoms with E-state index in [0.29, 0.717) is 16.8 Å². The zero-order valence-corrected chi connectivity index (χ0v) is 16.3. The van der Waals surface area contributed by atoms with Crippen LogP contribution in [0, 0.1) is 6.92 Å². The number of anilines is 1. The Bertz CT molecular complexity index is 880. The fourth-order valence-corrected chi connectivity index (χ4v) is 2.54. The topological polar surface area (TPSA) is 113 Å². The molecular formula is C21H26N4O3. The molecule has 7 nitrogen and oxygen atoms in total. The predicted molar refractivity (Wildman–Crippen MR) is 109 cm³/mol. The highest BCUT2D eigenvalue weighted by molar-refractivity contribution is 5.96. The summed E-state index contributed by atoms with van der Waals surface area (Å²) in [6.07, 6.45) is 0.854. The first-order chi connectivity index (χ1) is 13.3. The normalized spacial score (nSPS) is 11.4. The molecule has 0 heterocycles. The maximum Gasteiger partial charge on any atom is 0.319 e. The first-order valence-corrected chi connectivity index (χ1v) is 9.15. The van der Waals surface area contributed by atoms with Crippen molar-refractivity contribution in [1.82, 2.24) is 10.6 Å². The molecule has 0 bridgehead atoms. The second-order valence-electron chi connectivity index (χ2n) is 6.68. The maximum absolute atomic E-state index is 12.2. The van der Waals surface area contributed by atoms with E-state index in [1.165, 1.54) is 0 Å². The molecule has 28 heavy (non-hydrogen) atoms. The van der Waals surface area contributed by atoms with Gasteiger partial charge < -0.3 is 21.7 Å². The van der Waals surface area contributed by atoms with Gasteiger partial charge in [0.25, 0.3) is 5.91 Å². The molecule has 1 atom stereocenters. The Morgan fingerprint density at radius 3 is 2.46 bits per heavy atom. The minimum Gasteiger partial charge on any atom is -0.366 e. The van der Waals surface area contributed by atoms with Crippen molar-refractivity contribution in [2.75, 3.05) is 5.32 Å². The van der Waals surface area contributed by atoms with Crippen LogP contribution < -0.4 is 21.7 Å². The van der Waals surface area contributed by atoms with E-state index < -0.39 is 5.91 Å². The summed E-state index contributed by atoms with van der Waals surface area (Å²) in [4.78, 5) is 35.6. The van der Waals surface area contributed by atoms with Crippen molar-refractivity contribution >= 4 is 23.5 Å². The highest BCUT2D eigenvalue weighted by Gasteiger charge is 2.11. The van der Waals surface area contributed by atoms with E-state index in [1.54, 1.807) is 42.5 Å². The Morgan fingerprint density at radius 2 is 1.82 bits per heavy atom. The number of rotatable bonds is 7. The van der Waals surface area contributed by atoms with Gasteiger partial charge in [0.15, 0.2) is 0 Å². The summed E-state index contributed by atoms with van der Waals surface area (Å²) in [7, 11) is 0. The number of aryl methyl sites for hydroxylation is 1. The second-order valence-corrected chi connectivity index (χ2v) is 6.68. The lowest BCUT2D eigenvalue weighted by molar-refractivity contribution is 0.0938. The third-order valence-electron chi connectivity index (χ3n) is 4.39. The number of amides is 4. The minimum atomic E-state index is -0.514. The van der Waals surface area contributed by atoms with Crippen LogP contribution in [0.3, 0.4) is 0 Å². The van der Waals surface area contributed by atoms with Gasteiger partial charge in [-0.15, -0.1) is 0 Å². The van der Waals surface area contributed by atoms with Gasteiger partial charge in [-0.3, -0.25) is 9.59 Å². The Labute approximate surface area is 164 Å². The van der Waals surface area contributed by atoms with Crippen molar-refractivity contribution in [1.29, 1.82) is 0 Å². The third-order valence-corrected chi connectivity index (χ3v) is 4.39. The number of primary amides is 1. The van der Waals surface area contributed by atoms with Crippen LogP contribution in [0.4, 0.5) is 10.5 Å². The molecule has 7 heteroatoms. The van der Waals surface area contributed by atoms with Crippen molar-refractivity contribution in [3.8, 4) is 0 Å². The minimum absolute atomic E-state index is 0.101. The van der Waals surface area contributed by atoms with E-state index in [2.05, 4.69) is 16.0 Å². The number of carbonyl (C=O) groups excluding carboxylic acids is 3. The Balaban J connectivity index is 1.95. The lowest BCUT2D eigenvalue weighted by Crippen LogP contribution is -2.32. The van der Waals surface area contributed by atoms with Gasteiger partial charge in [0.1, 0.15) is 0 Å². The molecule has 0 radical (unpaired) electrons. The van der Waals surface area contributed by atoms with Gasteiger partial charge >= 0.3 is 6.03 Å². The quantitative estimate of drug-likeness (QED) is 0.590. The molecule has 0 aliphatic heterocycles. The number of nitrogens with two attached hydrogens (primary N) is 1. The first kappa shape index (κ1) is 21.0. The van der Waals surface area contributed by atoms with Crippen LogP contribution in [-0.4, -0.2) is 23.9 Å². The number of nitrogens with one attached hydrogen (secondary N) is 3. The summed E-state index contributed by atoms with van der Waals surface area (Å²) in [5, 5.41) is 8.41. The molecule has 0 aromatic heterocycles. The van der Waals surface area contributed by atoms with Gasteiger partial charge in [-0.2, -0.15) is 0 Å². The second kappa shape index (κ2) is 9.55. The van der Waals surface area contributed by atoms with E-state index in [1.807, 2.05) is 20.8 Å². The molecule has 0 spiro atoms. The molecule has 0 saturated heterocycles. The maximum atomic E-state index is 12.2. The van der Waals surface area contributed by atoms with Crippen LogP contribution in [-0.2, 0) is 6.54 Å². The summed E-state index contributed by atoms with van der Waals surface area (Å²) in [6.45, 7) is 6.03. The summed E-state index contributed by atoms with van der Waals surface area (Å²) >= 11 is 0. The van der Waals surface area contributed by atoms with Crippen LogP contribution in [0.1, 0.15) is 52.1 Å². The first-order valence-electron chi connectivity index (χ1n) is 9.15. The van der Waals surface area contributed by atoms with Gasteiger partial charge in [0, 0.05) is 29.4 Å². The van der Waals surface area contributed by atoms with E-state index in [-0.39, 0.29) is 24.5 Å². The predicted octanol–water partition coefficient (Wildman–Crippen LogP) is 2.94. The highest BCUT2D eigenvalue weighted by Crippen LogP contribution is 2.17. The van der Waals surface area contributed by atoms with Gasteiger partial charge in [0.05, 0.1) is 0 Å². The van der Waals surface area contributed by atoms with Crippen molar-refractivity contribution < 1.29 is 14.4 Å². The average Bonchev–Trinajstić information content (AvgIpc) is 2.67. The van der Waals surface area contributed by atoms with Gasteiger partial charge in [-0.1, -0.05) is 19.1 Å². The van der Waals surface area contributed by atoms with E-state index in [4.69, 9.17) is 5.73 Å². The van der Waals surface area contributed by atoms with E-state index >= 15 is 0 Å². The van der Waals surface area contributed by atoms with Crippen molar-refractivity contribution in [2.45, 2.75) is 39.8 Å². The molecule has 0 saturated carbocycles. The van der Waals surface area contributed by atoms with Gasteiger partial charge in [-0.05, 0) is 61.7 Å². The van der Waals surface area contributed by atoms with Crippen LogP contribution >= 0.6 is 0 Å². The van der Waals surface area contributed by atoms with E-state index in [0.717, 1.165) is 17.5 Å². The monoisotopic (exact) mass is 382 g/mol. The number of urea groups is 1. The molecule has 1 unspecified atom stereocenters. The molecule has 0 fully saturated rings. The molecule has 5 N–H and O–H groups in total. The molecule has 2 aromatic rings. The SMILES string of the molecule is CCC(C)NC(=O)c1ccc(NC(=O)NCc2cccc(C(N)=O)c2)c(C)c1. The van der Waals surface area contributed by atoms with Gasteiger partial charge in [0.2, 0.25) is 5.91 Å². The smallest absolute Gasteiger partial charge is 0.319 e. The Morgan fingerprint density at radius 1 is 1.07 bits per heavy atom.